The van der Waals surface area contributed by atoms with Gasteiger partial charge >= 0.3 is 0 Å². The quantitative estimate of drug-likeness (QED) is 0.694. The third-order valence-electron chi connectivity index (χ3n) is 4.28. The maximum absolute atomic E-state index is 12.1. The van der Waals surface area contributed by atoms with Crippen LogP contribution in [0.3, 0.4) is 0 Å². The van der Waals surface area contributed by atoms with Crippen molar-refractivity contribution in [2.45, 2.75) is 77.4 Å². The zero-order chi connectivity index (χ0) is 14.3. The average Bonchev–Trinajstić information content (AvgIpc) is 2.41. The molecule has 1 aliphatic carbocycles. The van der Waals surface area contributed by atoms with Gasteiger partial charge in [0.15, 0.2) is 0 Å². The van der Waals surface area contributed by atoms with Crippen molar-refractivity contribution >= 4 is 5.91 Å². The van der Waals surface area contributed by atoms with Crippen LogP contribution >= 0.6 is 0 Å². The van der Waals surface area contributed by atoms with Gasteiger partial charge < -0.3 is 11.1 Å². The highest BCUT2D eigenvalue weighted by molar-refractivity contribution is 5.81. The van der Waals surface area contributed by atoms with Crippen LogP contribution in [0.15, 0.2) is 0 Å². The molecular weight excluding hydrogens is 238 g/mol. The Morgan fingerprint density at radius 2 is 1.95 bits per heavy atom. The molecule has 4 nitrogen and oxygen atoms in total. The van der Waals surface area contributed by atoms with Crippen molar-refractivity contribution in [3.05, 3.63) is 0 Å². The molecule has 1 rings (SSSR count). The minimum atomic E-state index is -0.0267. The van der Waals surface area contributed by atoms with Crippen molar-refractivity contribution < 1.29 is 4.79 Å². The Balaban J connectivity index is 2.46. The first-order valence-electron chi connectivity index (χ1n) is 7.89. The molecule has 0 aromatic carbocycles. The molecular formula is C15H31N3O. The standard InChI is InChI=1S/C15H31N3O/c1-4-6-11-17-15(19)12(3)18(5-2)14-9-7-13(16)8-10-14/h12-14H,4-11,16H2,1-3H3,(H,17,19). The Morgan fingerprint density at radius 1 is 1.32 bits per heavy atom. The molecule has 0 saturated heterocycles. The number of rotatable bonds is 7. The van der Waals surface area contributed by atoms with Gasteiger partial charge in [0.05, 0.1) is 6.04 Å². The summed E-state index contributed by atoms with van der Waals surface area (Å²) in [5.41, 5.74) is 5.96. The molecule has 1 atom stereocenters. The number of nitrogens with one attached hydrogen (secondary N) is 1. The smallest absolute Gasteiger partial charge is 0.237 e. The molecule has 0 spiro atoms. The largest absolute Gasteiger partial charge is 0.355 e. The van der Waals surface area contributed by atoms with Crippen molar-refractivity contribution in [2.24, 2.45) is 5.73 Å². The highest BCUT2D eigenvalue weighted by Crippen LogP contribution is 2.23. The summed E-state index contributed by atoms with van der Waals surface area (Å²) in [6, 6.07) is 0.863. The molecule has 3 N–H and O–H groups in total. The van der Waals surface area contributed by atoms with E-state index in [0.29, 0.717) is 12.1 Å². The fourth-order valence-electron chi connectivity index (χ4n) is 2.97. The number of nitrogens with two attached hydrogens (primary N) is 1. The van der Waals surface area contributed by atoms with E-state index in [0.717, 1.165) is 51.6 Å². The van der Waals surface area contributed by atoms with Crippen LogP contribution in [0.25, 0.3) is 0 Å². The van der Waals surface area contributed by atoms with Gasteiger partial charge in [-0.1, -0.05) is 20.3 Å². The summed E-state index contributed by atoms with van der Waals surface area (Å²) in [6.45, 7) is 8.04. The number of likely N-dealkylation sites (N-methyl/N-ethyl adjacent to an activating group) is 1. The molecule has 1 aliphatic rings. The Morgan fingerprint density at radius 3 is 2.47 bits per heavy atom. The zero-order valence-corrected chi connectivity index (χ0v) is 12.8. The minimum absolute atomic E-state index is 0.0267. The average molecular weight is 269 g/mol. The normalized spacial score (nSPS) is 25.3. The van der Waals surface area contributed by atoms with Gasteiger partial charge in [-0.05, 0) is 45.6 Å². The number of amides is 1. The summed E-state index contributed by atoms with van der Waals surface area (Å²) in [5, 5.41) is 3.04. The SMILES string of the molecule is CCCCNC(=O)C(C)N(CC)C1CCC(N)CC1. The number of hydrogen-bond acceptors (Lipinski definition) is 3. The number of nitrogens with zero attached hydrogens (tertiary/aromatic N) is 1. The van der Waals surface area contributed by atoms with E-state index < -0.39 is 0 Å². The van der Waals surface area contributed by atoms with E-state index in [-0.39, 0.29) is 11.9 Å². The Labute approximate surface area is 118 Å². The van der Waals surface area contributed by atoms with Crippen LogP contribution in [0.5, 0.6) is 0 Å². The van der Waals surface area contributed by atoms with Gasteiger partial charge in [0, 0.05) is 18.6 Å². The molecule has 0 heterocycles. The van der Waals surface area contributed by atoms with Crippen molar-refractivity contribution in [3.63, 3.8) is 0 Å². The van der Waals surface area contributed by atoms with Crippen LogP contribution in [-0.2, 0) is 4.79 Å². The lowest BCUT2D eigenvalue weighted by molar-refractivity contribution is -0.127. The predicted octanol–water partition coefficient (Wildman–Crippen LogP) is 1.88. The lowest BCUT2D eigenvalue weighted by atomic mass is 9.90. The van der Waals surface area contributed by atoms with Gasteiger partial charge in [-0.15, -0.1) is 0 Å². The Kier molecular flexibility index (Phi) is 7.39. The second kappa shape index (κ2) is 8.54. The highest BCUT2D eigenvalue weighted by atomic mass is 16.2. The van der Waals surface area contributed by atoms with Gasteiger partial charge in [0.2, 0.25) is 5.91 Å². The molecule has 1 saturated carbocycles. The lowest BCUT2D eigenvalue weighted by Crippen LogP contribution is -2.51. The number of carbonyl (C=O) groups is 1. The number of carbonyl (C=O) groups excluding carboxylic acids is 1. The summed E-state index contributed by atoms with van der Waals surface area (Å²) >= 11 is 0. The topological polar surface area (TPSA) is 58.4 Å². The van der Waals surface area contributed by atoms with E-state index in [1.165, 1.54) is 0 Å². The van der Waals surface area contributed by atoms with Gasteiger partial charge in [-0.3, -0.25) is 9.69 Å². The first-order valence-corrected chi connectivity index (χ1v) is 7.89. The van der Waals surface area contributed by atoms with E-state index in [1.807, 2.05) is 6.92 Å². The van der Waals surface area contributed by atoms with E-state index in [1.54, 1.807) is 0 Å². The first kappa shape index (κ1) is 16.4. The monoisotopic (exact) mass is 269 g/mol. The zero-order valence-electron chi connectivity index (χ0n) is 12.8. The summed E-state index contributed by atoms with van der Waals surface area (Å²) in [7, 11) is 0. The lowest BCUT2D eigenvalue weighted by Gasteiger charge is -2.38. The van der Waals surface area contributed by atoms with Gasteiger partial charge in [0.25, 0.3) is 0 Å². The number of unbranched alkanes of at least 4 members (excludes halogenated alkanes) is 1. The fraction of sp³-hybridized carbons (Fsp3) is 0.933. The second-order valence-electron chi connectivity index (χ2n) is 5.72. The van der Waals surface area contributed by atoms with Crippen LogP contribution in [0, 0.1) is 0 Å². The van der Waals surface area contributed by atoms with E-state index in [4.69, 9.17) is 5.73 Å². The molecule has 0 bridgehead atoms. The Hall–Kier alpha value is -0.610. The van der Waals surface area contributed by atoms with E-state index in [9.17, 15) is 4.79 Å². The second-order valence-corrected chi connectivity index (χ2v) is 5.72. The maximum atomic E-state index is 12.1. The van der Waals surface area contributed by atoms with E-state index >= 15 is 0 Å². The van der Waals surface area contributed by atoms with Crippen LogP contribution in [0.4, 0.5) is 0 Å². The minimum Gasteiger partial charge on any atom is -0.355 e. The highest BCUT2D eigenvalue weighted by Gasteiger charge is 2.29. The molecule has 0 aromatic heterocycles. The van der Waals surface area contributed by atoms with Crippen molar-refractivity contribution in [1.29, 1.82) is 0 Å². The van der Waals surface area contributed by atoms with E-state index in [2.05, 4.69) is 24.1 Å². The van der Waals surface area contributed by atoms with Crippen LogP contribution in [0.1, 0.15) is 59.3 Å². The maximum Gasteiger partial charge on any atom is 0.237 e. The molecule has 0 aliphatic heterocycles. The summed E-state index contributed by atoms with van der Waals surface area (Å²) < 4.78 is 0. The molecule has 0 aromatic rings. The molecule has 1 unspecified atom stereocenters. The molecule has 19 heavy (non-hydrogen) atoms. The van der Waals surface area contributed by atoms with Crippen molar-refractivity contribution in [2.75, 3.05) is 13.1 Å². The third-order valence-corrected chi connectivity index (χ3v) is 4.28. The molecule has 0 radical (unpaired) electrons. The molecule has 1 fully saturated rings. The fourth-order valence-corrected chi connectivity index (χ4v) is 2.97. The molecule has 1 amide bonds. The Bertz CT molecular complexity index is 262. The summed E-state index contributed by atoms with van der Waals surface area (Å²) in [6.07, 6.45) is 6.61. The van der Waals surface area contributed by atoms with Gasteiger partial charge in [0.1, 0.15) is 0 Å². The first-order chi connectivity index (χ1) is 9.10. The van der Waals surface area contributed by atoms with Gasteiger partial charge in [-0.2, -0.15) is 0 Å². The van der Waals surface area contributed by atoms with Crippen molar-refractivity contribution in [1.82, 2.24) is 10.2 Å². The third kappa shape index (κ3) is 5.11. The van der Waals surface area contributed by atoms with Crippen LogP contribution < -0.4 is 11.1 Å². The molecule has 112 valence electrons. The van der Waals surface area contributed by atoms with Crippen LogP contribution in [0.2, 0.25) is 0 Å². The van der Waals surface area contributed by atoms with Crippen molar-refractivity contribution in [3.8, 4) is 0 Å². The molecule has 4 heteroatoms. The van der Waals surface area contributed by atoms with Gasteiger partial charge in [-0.25, -0.2) is 0 Å². The predicted molar refractivity (Wildman–Crippen MR) is 80.0 cm³/mol. The summed E-state index contributed by atoms with van der Waals surface area (Å²) in [5.74, 6) is 0.171. The van der Waals surface area contributed by atoms with Crippen LogP contribution in [-0.4, -0.2) is 42.0 Å². The summed E-state index contributed by atoms with van der Waals surface area (Å²) in [4.78, 5) is 14.5. The number of hydrogen-bond donors (Lipinski definition) is 2.